The second-order valence-corrected chi connectivity index (χ2v) is 6.84. The molecule has 134 valence electrons. The Bertz CT molecular complexity index is 771. The van der Waals surface area contributed by atoms with Gasteiger partial charge in [0, 0.05) is 11.5 Å². The standard InChI is InChI=1S/C18H24BFN2O3/c1-2-12(7-13-3-4-13)5-6-15(23)10-22-11-21-17-9-14(20)8-16(18(17)22)19(24)25/h7-9,11,13,15,23-25H,2-6,10H2,1H3/b12-7+. The van der Waals surface area contributed by atoms with Crippen molar-refractivity contribution < 1.29 is 19.5 Å². The quantitative estimate of drug-likeness (QED) is 0.503. The van der Waals surface area contributed by atoms with Gasteiger partial charge in [0.25, 0.3) is 0 Å². The molecule has 2 aromatic rings. The second kappa shape index (κ2) is 7.68. The maximum atomic E-state index is 13.6. The first-order valence-electron chi connectivity index (χ1n) is 8.86. The van der Waals surface area contributed by atoms with E-state index in [9.17, 15) is 19.5 Å². The van der Waals surface area contributed by atoms with Crippen LogP contribution in [0, 0.1) is 11.7 Å². The predicted molar refractivity (Wildman–Crippen MR) is 95.9 cm³/mol. The number of benzene rings is 1. The maximum absolute atomic E-state index is 13.6. The molecular formula is C18H24BFN2O3. The highest BCUT2D eigenvalue weighted by Crippen LogP contribution is 2.32. The van der Waals surface area contributed by atoms with Crippen molar-refractivity contribution in [3.8, 4) is 0 Å². The SMILES string of the molecule is CC/C(=C\C1CC1)CCC(O)Cn1cnc2cc(F)cc(B(O)O)c21. The number of hydrogen-bond donors (Lipinski definition) is 3. The van der Waals surface area contributed by atoms with E-state index in [2.05, 4.69) is 18.0 Å². The molecule has 0 amide bonds. The molecule has 0 aliphatic heterocycles. The van der Waals surface area contributed by atoms with Crippen LogP contribution in [0.15, 0.2) is 30.1 Å². The van der Waals surface area contributed by atoms with E-state index in [0.29, 0.717) is 17.5 Å². The number of imidazole rings is 1. The Morgan fingerprint density at radius 1 is 1.44 bits per heavy atom. The fourth-order valence-electron chi connectivity index (χ4n) is 3.19. The van der Waals surface area contributed by atoms with E-state index in [0.717, 1.165) is 24.8 Å². The summed E-state index contributed by atoms with van der Waals surface area (Å²) in [6.45, 7) is 2.41. The fourth-order valence-corrected chi connectivity index (χ4v) is 3.19. The van der Waals surface area contributed by atoms with Gasteiger partial charge in [0.2, 0.25) is 0 Å². The highest BCUT2D eigenvalue weighted by Gasteiger charge is 2.21. The molecule has 0 bridgehead atoms. The summed E-state index contributed by atoms with van der Waals surface area (Å²) in [5.41, 5.74) is 2.23. The molecule has 25 heavy (non-hydrogen) atoms. The molecule has 1 aromatic heterocycles. The van der Waals surface area contributed by atoms with Crippen molar-refractivity contribution in [2.45, 2.75) is 51.7 Å². The third kappa shape index (κ3) is 4.48. The predicted octanol–water partition coefficient (Wildman–Crippen LogP) is 1.74. The van der Waals surface area contributed by atoms with Crippen molar-refractivity contribution in [1.82, 2.24) is 9.55 Å². The summed E-state index contributed by atoms with van der Waals surface area (Å²) in [4.78, 5) is 4.11. The van der Waals surface area contributed by atoms with E-state index < -0.39 is 19.0 Å². The highest BCUT2D eigenvalue weighted by molar-refractivity contribution is 6.61. The molecular weight excluding hydrogens is 322 g/mol. The third-order valence-corrected chi connectivity index (χ3v) is 4.74. The molecule has 1 heterocycles. The lowest BCUT2D eigenvalue weighted by Gasteiger charge is -2.14. The number of nitrogens with zero attached hydrogens (tertiary/aromatic N) is 2. The summed E-state index contributed by atoms with van der Waals surface area (Å²) in [6.07, 6.45) is 8.28. The highest BCUT2D eigenvalue weighted by atomic mass is 19.1. The van der Waals surface area contributed by atoms with Crippen molar-refractivity contribution in [3.05, 3.63) is 35.9 Å². The van der Waals surface area contributed by atoms with Gasteiger partial charge < -0.3 is 19.7 Å². The Kier molecular flexibility index (Phi) is 5.56. The molecule has 1 saturated carbocycles. The van der Waals surface area contributed by atoms with Crippen LogP contribution >= 0.6 is 0 Å². The normalized spacial score (nSPS) is 16.4. The van der Waals surface area contributed by atoms with E-state index in [1.807, 2.05) is 0 Å². The van der Waals surface area contributed by atoms with Gasteiger partial charge in [-0.2, -0.15) is 0 Å². The minimum Gasteiger partial charge on any atom is -0.423 e. The van der Waals surface area contributed by atoms with Crippen LogP contribution in [0.5, 0.6) is 0 Å². The molecule has 0 radical (unpaired) electrons. The Morgan fingerprint density at radius 3 is 2.84 bits per heavy atom. The number of aromatic nitrogens is 2. The van der Waals surface area contributed by atoms with Crippen molar-refractivity contribution >= 4 is 23.6 Å². The maximum Gasteiger partial charge on any atom is 0.490 e. The number of aliphatic hydroxyl groups is 1. The zero-order valence-electron chi connectivity index (χ0n) is 14.4. The largest absolute Gasteiger partial charge is 0.490 e. The van der Waals surface area contributed by atoms with Crippen molar-refractivity contribution in [1.29, 1.82) is 0 Å². The Labute approximate surface area is 147 Å². The van der Waals surface area contributed by atoms with Gasteiger partial charge >= 0.3 is 7.12 Å². The summed E-state index contributed by atoms with van der Waals surface area (Å²) in [6, 6.07) is 2.34. The van der Waals surface area contributed by atoms with Gasteiger partial charge in [-0.1, -0.05) is 18.6 Å². The third-order valence-electron chi connectivity index (χ3n) is 4.74. The number of hydrogen-bond acceptors (Lipinski definition) is 4. The van der Waals surface area contributed by atoms with Crippen molar-refractivity contribution in [3.63, 3.8) is 0 Å². The average molecular weight is 346 g/mol. The smallest absolute Gasteiger partial charge is 0.423 e. The van der Waals surface area contributed by atoms with Crippen LogP contribution in [0.3, 0.4) is 0 Å². The lowest BCUT2D eigenvalue weighted by Crippen LogP contribution is -2.32. The number of allylic oxidation sites excluding steroid dienone is 2. The van der Waals surface area contributed by atoms with E-state index in [1.54, 1.807) is 4.57 Å². The summed E-state index contributed by atoms with van der Waals surface area (Å²) in [5, 5.41) is 29.4. The molecule has 1 aromatic carbocycles. The Hall–Kier alpha value is -1.70. The first-order valence-corrected chi connectivity index (χ1v) is 8.86. The molecule has 1 aliphatic carbocycles. The van der Waals surface area contributed by atoms with E-state index in [1.165, 1.54) is 30.8 Å². The molecule has 1 atom stereocenters. The van der Waals surface area contributed by atoms with Gasteiger partial charge in [-0.25, -0.2) is 9.37 Å². The molecule has 0 spiro atoms. The Balaban J connectivity index is 1.71. The van der Waals surface area contributed by atoms with Crippen LogP contribution in [0.1, 0.15) is 39.0 Å². The molecule has 1 aliphatic rings. The molecule has 1 unspecified atom stereocenters. The van der Waals surface area contributed by atoms with Crippen LogP contribution in [0.25, 0.3) is 11.0 Å². The van der Waals surface area contributed by atoms with Gasteiger partial charge in [0.05, 0.1) is 30.0 Å². The number of halogens is 1. The minimum absolute atomic E-state index is 0.0579. The topological polar surface area (TPSA) is 78.5 Å². The lowest BCUT2D eigenvalue weighted by atomic mass is 9.79. The van der Waals surface area contributed by atoms with Crippen LogP contribution < -0.4 is 5.46 Å². The molecule has 5 nitrogen and oxygen atoms in total. The van der Waals surface area contributed by atoms with Crippen LogP contribution in [0.4, 0.5) is 4.39 Å². The van der Waals surface area contributed by atoms with Crippen LogP contribution in [-0.4, -0.2) is 37.9 Å². The molecule has 1 fully saturated rings. The van der Waals surface area contributed by atoms with Crippen molar-refractivity contribution in [2.24, 2.45) is 5.92 Å². The Morgan fingerprint density at radius 2 is 2.20 bits per heavy atom. The van der Waals surface area contributed by atoms with Crippen molar-refractivity contribution in [2.75, 3.05) is 0 Å². The summed E-state index contributed by atoms with van der Waals surface area (Å²) < 4.78 is 15.2. The average Bonchev–Trinajstić information content (AvgIpc) is 3.31. The fraction of sp³-hybridized carbons (Fsp3) is 0.500. The minimum atomic E-state index is -1.79. The number of rotatable bonds is 8. The molecule has 3 N–H and O–H groups in total. The zero-order valence-corrected chi connectivity index (χ0v) is 14.4. The number of aliphatic hydroxyl groups excluding tert-OH is 1. The summed E-state index contributed by atoms with van der Waals surface area (Å²) >= 11 is 0. The lowest BCUT2D eigenvalue weighted by molar-refractivity contribution is 0.145. The molecule has 7 heteroatoms. The number of fused-ring (bicyclic) bond motifs is 1. The summed E-state index contributed by atoms with van der Waals surface area (Å²) in [7, 11) is -1.79. The van der Waals surface area contributed by atoms with Crippen LogP contribution in [-0.2, 0) is 6.54 Å². The monoisotopic (exact) mass is 346 g/mol. The molecule has 0 saturated heterocycles. The van der Waals surface area contributed by atoms with E-state index >= 15 is 0 Å². The van der Waals surface area contributed by atoms with E-state index in [4.69, 9.17) is 0 Å². The van der Waals surface area contributed by atoms with Gasteiger partial charge in [0.1, 0.15) is 5.82 Å². The van der Waals surface area contributed by atoms with Gasteiger partial charge in [-0.3, -0.25) is 0 Å². The first-order chi connectivity index (χ1) is 12.0. The van der Waals surface area contributed by atoms with Gasteiger partial charge in [0.15, 0.2) is 0 Å². The van der Waals surface area contributed by atoms with Gasteiger partial charge in [-0.15, -0.1) is 0 Å². The zero-order chi connectivity index (χ0) is 18.0. The molecule has 3 rings (SSSR count). The van der Waals surface area contributed by atoms with Crippen LogP contribution in [0.2, 0.25) is 0 Å². The second-order valence-electron chi connectivity index (χ2n) is 6.84. The first kappa shape index (κ1) is 18.1. The van der Waals surface area contributed by atoms with E-state index in [-0.39, 0.29) is 12.0 Å². The van der Waals surface area contributed by atoms with Gasteiger partial charge in [-0.05, 0) is 44.1 Å². The summed E-state index contributed by atoms with van der Waals surface area (Å²) in [5.74, 6) is 0.160.